The lowest BCUT2D eigenvalue weighted by atomic mass is 10.2. The van der Waals surface area contributed by atoms with Crippen LogP contribution in [0.4, 0.5) is 10.1 Å². The number of likely N-dealkylation sites (tertiary alicyclic amines) is 1. The van der Waals surface area contributed by atoms with Crippen molar-refractivity contribution in [3.8, 4) is 0 Å². The van der Waals surface area contributed by atoms with Gasteiger partial charge in [-0.3, -0.25) is 9.89 Å². The number of rotatable bonds is 4. The van der Waals surface area contributed by atoms with Gasteiger partial charge in [-0.1, -0.05) is 0 Å². The van der Waals surface area contributed by atoms with E-state index in [9.17, 15) is 4.39 Å². The van der Waals surface area contributed by atoms with Crippen LogP contribution in [-0.2, 0) is 4.74 Å². The van der Waals surface area contributed by atoms with E-state index in [1.807, 2.05) is 12.1 Å². The van der Waals surface area contributed by atoms with Crippen LogP contribution in [0.2, 0.25) is 0 Å². The topological polar surface area (TPSA) is 57.3 Å². The monoisotopic (exact) mass is 361 g/mol. The summed E-state index contributed by atoms with van der Waals surface area (Å²) in [5.74, 6) is 0.442. The highest BCUT2D eigenvalue weighted by atomic mass is 19.1. The van der Waals surface area contributed by atoms with Crippen LogP contribution in [-0.4, -0.2) is 80.3 Å². The number of benzene rings is 1. The Bertz CT molecular complexity index is 617. The Kier molecular flexibility index (Phi) is 5.26. The first-order chi connectivity index (χ1) is 12.7. The SMILES string of the molecule is NC(=NCCN1CC2CCC(C1)O2)N1CCN(c2ccc(F)cc2)CC1. The number of piperazine rings is 1. The van der Waals surface area contributed by atoms with Crippen molar-refractivity contribution in [1.29, 1.82) is 0 Å². The van der Waals surface area contributed by atoms with Crippen molar-refractivity contribution in [3.63, 3.8) is 0 Å². The summed E-state index contributed by atoms with van der Waals surface area (Å²) in [4.78, 5) is 11.4. The van der Waals surface area contributed by atoms with Gasteiger partial charge in [0.2, 0.25) is 0 Å². The second-order valence-corrected chi connectivity index (χ2v) is 7.41. The number of halogens is 1. The molecule has 7 heteroatoms. The summed E-state index contributed by atoms with van der Waals surface area (Å²) in [7, 11) is 0. The number of hydrogen-bond donors (Lipinski definition) is 1. The number of ether oxygens (including phenoxy) is 1. The molecular formula is C19H28FN5O. The van der Waals surface area contributed by atoms with E-state index in [0.717, 1.165) is 58.0 Å². The normalized spacial score (nSPS) is 27.2. The molecule has 4 rings (SSSR count). The van der Waals surface area contributed by atoms with Gasteiger partial charge in [-0.05, 0) is 37.1 Å². The minimum absolute atomic E-state index is 0.197. The van der Waals surface area contributed by atoms with E-state index in [1.165, 1.54) is 25.0 Å². The molecule has 2 N–H and O–H groups in total. The second kappa shape index (κ2) is 7.80. The van der Waals surface area contributed by atoms with Crippen LogP contribution in [0.25, 0.3) is 0 Å². The second-order valence-electron chi connectivity index (χ2n) is 7.41. The number of aliphatic imine (C=N–C) groups is 1. The van der Waals surface area contributed by atoms with Gasteiger partial charge in [-0.25, -0.2) is 4.39 Å². The molecule has 3 aliphatic heterocycles. The lowest BCUT2D eigenvalue weighted by Gasteiger charge is -2.36. The molecule has 0 aromatic heterocycles. The van der Waals surface area contributed by atoms with Gasteiger partial charge in [-0.2, -0.15) is 0 Å². The zero-order valence-electron chi connectivity index (χ0n) is 15.2. The maximum absolute atomic E-state index is 13.1. The summed E-state index contributed by atoms with van der Waals surface area (Å²) < 4.78 is 18.9. The van der Waals surface area contributed by atoms with Gasteiger partial charge in [0.15, 0.2) is 5.96 Å². The van der Waals surface area contributed by atoms with Crippen molar-refractivity contribution in [2.75, 3.05) is 57.3 Å². The third-order valence-electron chi connectivity index (χ3n) is 5.60. The third-order valence-corrected chi connectivity index (χ3v) is 5.60. The van der Waals surface area contributed by atoms with Crippen molar-refractivity contribution in [2.24, 2.45) is 10.7 Å². The standard InChI is InChI=1S/C19H28FN5O/c20-15-1-3-16(4-2-15)24-9-11-25(12-10-24)19(21)22-7-8-23-13-17-5-6-18(14-23)26-17/h1-4,17-18H,5-14H2,(H2,21,22). The number of fused-ring (bicyclic) bond motifs is 2. The van der Waals surface area contributed by atoms with Crippen LogP contribution in [0.3, 0.4) is 0 Å². The molecule has 2 atom stereocenters. The maximum Gasteiger partial charge on any atom is 0.191 e. The van der Waals surface area contributed by atoms with Gasteiger partial charge in [0.05, 0.1) is 18.8 Å². The van der Waals surface area contributed by atoms with E-state index in [2.05, 4.69) is 19.7 Å². The predicted octanol–water partition coefficient (Wildman–Crippen LogP) is 1.13. The predicted molar refractivity (Wildman–Crippen MR) is 101 cm³/mol. The quantitative estimate of drug-likeness (QED) is 0.644. The summed E-state index contributed by atoms with van der Waals surface area (Å²) in [5, 5.41) is 0. The molecule has 2 bridgehead atoms. The Morgan fingerprint density at radius 3 is 2.38 bits per heavy atom. The molecule has 3 fully saturated rings. The molecule has 0 saturated carbocycles. The molecule has 3 saturated heterocycles. The highest BCUT2D eigenvalue weighted by Gasteiger charge is 2.33. The molecule has 0 amide bonds. The average Bonchev–Trinajstić information content (AvgIpc) is 3.00. The van der Waals surface area contributed by atoms with Gasteiger partial charge < -0.3 is 20.3 Å². The fourth-order valence-corrected chi connectivity index (χ4v) is 4.13. The summed E-state index contributed by atoms with van der Waals surface area (Å²) in [6.07, 6.45) is 3.25. The molecule has 3 aliphatic rings. The molecule has 142 valence electrons. The number of guanidine groups is 1. The Morgan fingerprint density at radius 1 is 1.08 bits per heavy atom. The number of nitrogens with two attached hydrogens (primary N) is 1. The van der Waals surface area contributed by atoms with Crippen LogP contribution in [0.5, 0.6) is 0 Å². The Balaban J connectivity index is 1.22. The zero-order valence-corrected chi connectivity index (χ0v) is 15.2. The molecular weight excluding hydrogens is 333 g/mol. The molecule has 0 aliphatic carbocycles. The summed E-state index contributed by atoms with van der Waals surface area (Å²) in [6, 6.07) is 6.68. The van der Waals surface area contributed by atoms with E-state index in [4.69, 9.17) is 10.5 Å². The van der Waals surface area contributed by atoms with Crippen LogP contribution < -0.4 is 10.6 Å². The highest BCUT2D eigenvalue weighted by molar-refractivity contribution is 5.78. The first-order valence-electron chi connectivity index (χ1n) is 9.60. The van der Waals surface area contributed by atoms with Gasteiger partial charge in [0.25, 0.3) is 0 Å². The van der Waals surface area contributed by atoms with Gasteiger partial charge >= 0.3 is 0 Å². The molecule has 3 heterocycles. The molecule has 26 heavy (non-hydrogen) atoms. The van der Waals surface area contributed by atoms with Gasteiger partial charge in [0.1, 0.15) is 5.82 Å². The summed E-state index contributed by atoms with van der Waals surface area (Å²) >= 11 is 0. The summed E-state index contributed by atoms with van der Waals surface area (Å²) in [5.41, 5.74) is 7.26. The lowest BCUT2D eigenvalue weighted by molar-refractivity contribution is -0.0370. The minimum atomic E-state index is -0.197. The van der Waals surface area contributed by atoms with Crippen molar-refractivity contribution >= 4 is 11.6 Å². The number of nitrogens with zero attached hydrogens (tertiary/aromatic N) is 4. The smallest absolute Gasteiger partial charge is 0.191 e. The highest BCUT2D eigenvalue weighted by Crippen LogP contribution is 2.25. The van der Waals surface area contributed by atoms with Crippen molar-refractivity contribution in [1.82, 2.24) is 9.80 Å². The number of hydrogen-bond acceptors (Lipinski definition) is 4. The van der Waals surface area contributed by atoms with Crippen LogP contribution >= 0.6 is 0 Å². The molecule has 1 aromatic rings. The summed E-state index contributed by atoms with van der Waals surface area (Å²) in [6.45, 7) is 7.17. The number of morpholine rings is 1. The van der Waals surface area contributed by atoms with E-state index in [1.54, 1.807) is 0 Å². The lowest BCUT2D eigenvalue weighted by Crippen LogP contribution is -2.51. The van der Waals surface area contributed by atoms with E-state index in [-0.39, 0.29) is 5.82 Å². The molecule has 1 aromatic carbocycles. The Hall–Kier alpha value is -1.86. The molecule has 0 radical (unpaired) electrons. The minimum Gasteiger partial charge on any atom is -0.372 e. The van der Waals surface area contributed by atoms with E-state index in [0.29, 0.717) is 18.2 Å². The Labute approximate surface area is 154 Å². The first kappa shape index (κ1) is 17.5. The van der Waals surface area contributed by atoms with Crippen LogP contribution in [0, 0.1) is 5.82 Å². The van der Waals surface area contributed by atoms with Gasteiger partial charge in [-0.15, -0.1) is 0 Å². The third kappa shape index (κ3) is 4.10. The zero-order chi connectivity index (χ0) is 17.9. The fraction of sp³-hybridized carbons (Fsp3) is 0.632. The fourth-order valence-electron chi connectivity index (χ4n) is 4.13. The van der Waals surface area contributed by atoms with Crippen molar-refractivity contribution in [2.45, 2.75) is 25.0 Å². The van der Waals surface area contributed by atoms with Crippen LogP contribution in [0.1, 0.15) is 12.8 Å². The van der Waals surface area contributed by atoms with E-state index >= 15 is 0 Å². The first-order valence-corrected chi connectivity index (χ1v) is 9.60. The average molecular weight is 361 g/mol. The van der Waals surface area contributed by atoms with Gasteiger partial charge in [0, 0.05) is 51.5 Å². The van der Waals surface area contributed by atoms with Crippen molar-refractivity contribution < 1.29 is 9.13 Å². The maximum atomic E-state index is 13.1. The Morgan fingerprint density at radius 2 is 1.73 bits per heavy atom. The molecule has 6 nitrogen and oxygen atoms in total. The van der Waals surface area contributed by atoms with E-state index < -0.39 is 0 Å². The largest absolute Gasteiger partial charge is 0.372 e. The number of anilines is 1. The molecule has 2 unspecified atom stereocenters. The van der Waals surface area contributed by atoms with Crippen molar-refractivity contribution in [3.05, 3.63) is 30.1 Å². The molecule has 0 spiro atoms. The van der Waals surface area contributed by atoms with Crippen LogP contribution in [0.15, 0.2) is 29.3 Å².